The second kappa shape index (κ2) is 11.6. The molecule has 140 valence electrons. The molecule has 0 aliphatic heterocycles. The predicted octanol–water partition coefficient (Wildman–Crippen LogP) is 2.79. The second-order valence-electron chi connectivity index (χ2n) is 5.97. The maximum Gasteiger partial charge on any atom is 0.227 e. The Balaban J connectivity index is 0.00000312. The fourth-order valence-corrected chi connectivity index (χ4v) is 3.58. The Labute approximate surface area is 171 Å². The number of hydrogen-bond donors (Lipinski definition) is 3. The van der Waals surface area contributed by atoms with Crippen LogP contribution < -0.4 is 16.0 Å². The lowest BCUT2D eigenvalue weighted by molar-refractivity contribution is -0.116. The summed E-state index contributed by atoms with van der Waals surface area (Å²) in [6.45, 7) is 2.44. The molecule has 1 fully saturated rings. The molecule has 1 saturated carbocycles. The van der Waals surface area contributed by atoms with E-state index in [2.05, 4.69) is 32.2 Å². The van der Waals surface area contributed by atoms with E-state index < -0.39 is 0 Å². The van der Waals surface area contributed by atoms with Crippen LogP contribution in [0, 0.1) is 6.92 Å². The molecule has 6 nitrogen and oxygen atoms in total. The summed E-state index contributed by atoms with van der Waals surface area (Å²) < 4.78 is 0. The Kier molecular flexibility index (Phi) is 10.2. The molecule has 1 aliphatic rings. The molecule has 25 heavy (non-hydrogen) atoms. The number of aryl methyl sites for hydroxylation is 1. The highest BCUT2D eigenvalue weighted by Gasteiger charge is 2.24. The third-order valence-corrected chi connectivity index (χ3v) is 5.18. The number of pyridine rings is 1. The van der Waals surface area contributed by atoms with Gasteiger partial charge in [0.2, 0.25) is 5.91 Å². The van der Waals surface area contributed by atoms with Crippen molar-refractivity contribution in [2.75, 3.05) is 25.2 Å². The van der Waals surface area contributed by atoms with Gasteiger partial charge in [-0.3, -0.25) is 9.79 Å². The average molecular weight is 477 g/mol. The molecule has 8 heteroatoms. The summed E-state index contributed by atoms with van der Waals surface area (Å²) in [5.74, 6) is 1.30. The molecule has 2 rings (SSSR count). The molecule has 0 aromatic carbocycles. The van der Waals surface area contributed by atoms with Gasteiger partial charge in [-0.1, -0.05) is 6.07 Å². The molecule has 0 radical (unpaired) electrons. The van der Waals surface area contributed by atoms with Gasteiger partial charge in [-0.25, -0.2) is 4.98 Å². The highest BCUT2D eigenvalue weighted by molar-refractivity contribution is 14.0. The van der Waals surface area contributed by atoms with Crippen molar-refractivity contribution in [2.24, 2.45) is 4.99 Å². The van der Waals surface area contributed by atoms with Gasteiger partial charge in [-0.05, 0) is 44.6 Å². The van der Waals surface area contributed by atoms with E-state index in [1.54, 1.807) is 13.1 Å². The number of carbonyl (C=O) groups excluding carboxylic acids is 1. The summed E-state index contributed by atoms with van der Waals surface area (Å²) >= 11 is 1.94. The SMILES string of the molecule is CN=C(NCCC(=O)Nc1cccc(C)n1)NC1CCC(SC)C1.I. The van der Waals surface area contributed by atoms with Crippen molar-refractivity contribution in [1.82, 2.24) is 15.6 Å². The van der Waals surface area contributed by atoms with Crippen LogP contribution in [0.2, 0.25) is 0 Å². The molecule has 1 aliphatic carbocycles. The van der Waals surface area contributed by atoms with E-state index in [0.29, 0.717) is 24.8 Å². The monoisotopic (exact) mass is 477 g/mol. The summed E-state index contributed by atoms with van der Waals surface area (Å²) in [5, 5.41) is 10.2. The highest BCUT2D eigenvalue weighted by atomic mass is 127. The van der Waals surface area contributed by atoms with E-state index in [1.807, 2.05) is 30.8 Å². The van der Waals surface area contributed by atoms with Gasteiger partial charge in [0.25, 0.3) is 0 Å². The van der Waals surface area contributed by atoms with E-state index >= 15 is 0 Å². The molecule has 1 aromatic heterocycles. The van der Waals surface area contributed by atoms with E-state index in [4.69, 9.17) is 0 Å². The molecule has 0 spiro atoms. The van der Waals surface area contributed by atoms with E-state index in [9.17, 15) is 4.79 Å². The molecule has 0 saturated heterocycles. The number of guanidine groups is 1. The van der Waals surface area contributed by atoms with Gasteiger partial charge in [-0.2, -0.15) is 11.8 Å². The predicted molar refractivity (Wildman–Crippen MR) is 117 cm³/mol. The summed E-state index contributed by atoms with van der Waals surface area (Å²) in [6.07, 6.45) is 6.13. The quantitative estimate of drug-likeness (QED) is 0.334. The molecule has 1 aromatic rings. The van der Waals surface area contributed by atoms with Gasteiger partial charge >= 0.3 is 0 Å². The van der Waals surface area contributed by atoms with Crippen molar-refractivity contribution in [3.05, 3.63) is 23.9 Å². The lowest BCUT2D eigenvalue weighted by Crippen LogP contribution is -2.43. The van der Waals surface area contributed by atoms with Crippen molar-refractivity contribution >= 4 is 53.4 Å². The maximum absolute atomic E-state index is 12.0. The standard InChI is InChI=1S/C17H27N5OS.HI/c1-12-5-4-6-15(20-12)22-16(23)9-10-19-17(18-2)21-13-7-8-14(11-13)24-3;/h4-6,13-14H,7-11H2,1-3H3,(H2,18,19,21)(H,20,22,23);1H. The van der Waals surface area contributed by atoms with Crippen LogP contribution in [0.4, 0.5) is 5.82 Å². The number of rotatable bonds is 6. The zero-order valence-corrected chi connectivity index (χ0v) is 18.2. The van der Waals surface area contributed by atoms with Crippen LogP contribution >= 0.6 is 35.7 Å². The van der Waals surface area contributed by atoms with Crippen LogP contribution in [0.3, 0.4) is 0 Å². The van der Waals surface area contributed by atoms with Crippen LogP contribution in [0.25, 0.3) is 0 Å². The fraction of sp³-hybridized carbons (Fsp3) is 0.588. The zero-order valence-electron chi connectivity index (χ0n) is 15.0. The number of amides is 1. The van der Waals surface area contributed by atoms with Gasteiger partial charge in [0.15, 0.2) is 5.96 Å². The summed E-state index contributed by atoms with van der Waals surface area (Å²) in [5.41, 5.74) is 0.885. The molecule has 0 bridgehead atoms. The molecule has 1 amide bonds. The Hall–Kier alpha value is -1.03. The van der Waals surface area contributed by atoms with Crippen LogP contribution in [-0.2, 0) is 4.79 Å². The third kappa shape index (κ3) is 7.81. The minimum atomic E-state index is -0.0561. The Morgan fingerprint density at radius 1 is 1.40 bits per heavy atom. The largest absolute Gasteiger partial charge is 0.356 e. The third-order valence-electron chi connectivity index (χ3n) is 4.08. The normalized spacial score (nSPS) is 19.9. The first-order chi connectivity index (χ1) is 11.6. The number of anilines is 1. The van der Waals surface area contributed by atoms with E-state index in [-0.39, 0.29) is 29.9 Å². The Morgan fingerprint density at radius 3 is 2.84 bits per heavy atom. The number of hydrogen-bond acceptors (Lipinski definition) is 4. The molecule has 1 heterocycles. The number of thioether (sulfide) groups is 1. The van der Waals surface area contributed by atoms with Crippen molar-refractivity contribution in [1.29, 1.82) is 0 Å². The number of aromatic nitrogens is 1. The van der Waals surface area contributed by atoms with Gasteiger partial charge < -0.3 is 16.0 Å². The van der Waals surface area contributed by atoms with Crippen LogP contribution in [0.5, 0.6) is 0 Å². The summed E-state index contributed by atoms with van der Waals surface area (Å²) in [7, 11) is 1.76. The number of nitrogens with zero attached hydrogens (tertiary/aromatic N) is 2. The lowest BCUT2D eigenvalue weighted by Gasteiger charge is -2.17. The molecule has 3 N–H and O–H groups in total. The van der Waals surface area contributed by atoms with Crippen LogP contribution in [0.1, 0.15) is 31.4 Å². The average Bonchev–Trinajstić information content (AvgIpc) is 3.01. The number of aliphatic imine (C=N–C) groups is 1. The van der Waals surface area contributed by atoms with Crippen LogP contribution in [0.15, 0.2) is 23.2 Å². The van der Waals surface area contributed by atoms with Crippen molar-refractivity contribution < 1.29 is 4.79 Å². The first-order valence-electron chi connectivity index (χ1n) is 8.34. The highest BCUT2D eigenvalue weighted by Crippen LogP contribution is 2.27. The number of nitrogens with one attached hydrogen (secondary N) is 3. The minimum Gasteiger partial charge on any atom is -0.356 e. The van der Waals surface area contributed by atoms with E-state index in [0.717, 1.165) is 16.9 Å². The zero-order chi connectivity index (χ0) is 17.4. The Bertz CT molecular complexity index is 584. The van der Waals surface area contributed by atoms with Gasteiger partial charge in [-0.15, -0.1) is 24.0 Å². The maximum atomic E-state index is 12.0. The van der Waals surface area contributed by atoms with Gasteiger partial charge in [0.05, 0.1) is 0 Å². The second-order valence-corrected chi connectivity index (χ2v) is 7.11. The Morgan fingerprint density at radius 2 is 2.20 bits per heavy atom. The van der Waals surface area contributed by atoms with Crippen LogP contribution in [-0.4, -0.2) is 48.0 Å². The van der Waals surface area contributed by atoms with E-state index in [1.165, 1.54) is 19.3 Å². The number of carbonyl (C=O) groups is 1. The first-order valence-corrected chi connectivity index (χ1v) is 9.63. The van der Waals surface area contributed by atoms with Crippen molar-refractivity contribution in [3.8, 4) is 0 Å². The smallest absolute Gasteiger partial charge is 0.227 e. The lowest BCUT2D eigenvalue weighted by atomic mass is 10.2. The van der Waals surface area contributed by atoms with Crippen molar-refractivity contribution in [2.45, 2.75) is 43.9 Å². The van der Waals surface area contributed by atoms with Gasteiger partial charge in [0, 0.05) is 37.0 Å². The van der Waals surface area contributed by atoms with Crippen molar-refractivity contribution in [3.63, 3.8) is 0 Å². The minimum absolute atomic E-state index is 0. The molecule has 2 unspecified atom stereocenters. The first kappa shape index (κ1) is 22.0. The van der Waals surface area contributed by atoms with Gasteiger partial charge in [0.1, 0.15) is 5.82 Å². The topological polar surface area (TPSA) is 78.4 Å². The fourth-order valence-electron chi connectivity index (χ4n) is 2.79. The molecular weight excluding hydrogens is 449 g/mol. The molecule has 2 atom stereocenters. The summed E-state index contributed by atoms with van der Waals surface area (Å²) in [4.78, 5) is 20.5. The summed E-state index contributed by atoms with van der Waals surface area (Å²) in [6, 6.07) is 6.04. The molecular formula is C17H28IN5OS. The number of halogens is 1.